The molecule has 0 saturated heterocycles. The molecule has 2 aromatic heterocycles. The molecule has 7 nitrogen and oxygen atoms in total. The third-order valence-electron chi connectivity index (χ3n) is 15.9. The maximum Gasteiger partial charge on any atom is 0.205 e. The van der Waals surface area contributed by atoms with Crippen LogP contribution in [0.3, 0.4) is 0 Å². The lowest BCUT2D eigenvalue weighted by Crippen LogP contribution is -2.07. The Balaban J connectivity index is 1.38. The summed E-state index contributed by atoms with van der Waals surface area (Å²) in [5, 5.41) is 11.1. The highest BCUT2D eigenvalue weighted by Crippen LogP contribution is 2.42. The lowest BCUT2D eigenvalue weighted by atomic mass is 10.0. The van der Waals surface area contributed by atoms with Crippen LogP contribution < -0.4 is 14.2 Å². The van der Waals surface area contributed by atoms with Gasteiger partial charge in [0.2, 0.25) is 11.5 Å². The second kappa shape index (κ2) is 45.4. The number of carbonyl (C=O) groups is 1. The molecular weight excluding hydrogens is 961 g/mol. The van der Waals surface area contributed by atoms with Gasteiger partial charge in [-0.05, 0) is 61.2 Å². The zero-order chi connectivity index (χ0) is 55.2. The van der Waals surface area contributed by atoms with Crippen molar-refractivity contribution in [2.24, 2.45) is 0 Å². The predicted molar refractivity (Wildman–Crippen MR) is 335 cm³/mol. The molecule has 0 amide bonds. The van der Waals surface area contributed by atoms with Gasteiger partial charge in [-0.1, -0.05) is 302 Å². The molecule has 0 atom stereocenters. The highest BCUT2D eigenvalue weighted by atomic mass is 16.5. The molecule has 0 radical (unpaired) electrons. The Morgan fingerprint density at radius 3 is 1.05 bits per heavy atom. The van der Waals surface area contributed by atoms with E-state index < -0.39 is 0 Å². The Morgan fingerprint density at radius 1 is 0.372 bits per heavy atom. The number of aliphatic hydroxyl groups excluding tert-OH is 1. The van der Waals surface area contributed by atoms with E-state index in [1.54, 1.807) is 12.1 Å². The minimum Gasteiger partial charge on any atom is -0.506 e. The van der Waals surface area contributed by atoms with Gasteiger partial charge in [0.1, 0.15) is 5.76 Å². The number of benzene rings is 2. The standard InChI is InChI=1S/C71H114N2O5/c1-4-7-10-13-16-19-22-25-28-31-34-37-40-46-55-76-69-58-62(64-52-54-66(73-64)68(75)60-67(74)65-53-51-63(72-65)61-49-44-43-45-50-61)59-70(77-56-47-41-38-35-32-29-26-23-20-17-14-11-8-5-2)71(69)78-57-48-42-39-36-33-30-27-24-21-18-15-12-9-6-3/h43-45,49-54,58-60,72-74H,4-42,46-48,55-57H2,1-3H3/b67-60+. The number of ether oxygens (including phenoxy) is 3. The SMILES string of the molecule is CCCCCCCCCCCCCCCCOc1cc(-c2ccc(C(=O)/C=C(/O)c3ccc(-c4ccccc4)[nH]3)[nH]2)cc(OCCCCCCCCCCCCCCCC)c1OCCCCCCCCCCCCCCCC. The van der Waals surface area contributed by atoms with E-state index in [0.29, 0.717) is 48.5 Å². The average Bonchev–Trinajstić information content (AvgIpc) is 4.19. The van der Waals surface area contributed by atoms with Crippen LogP contribution in [0.2, 0.25) is 0 Å². The molecule has 2 heterocycles. The van der Waals surface area contributed by atoms with E-state index >= 15 is 0 Å². The fraction of sp³-hybridized carbons (Fsp3) is 0.676. The normalized spacial score (nSPS) is 11.7. The van der Waals surface area contributed by atoms with Crippen LogP contribution in [0, 0.1) is 0 Å². The van der Waals surface area contributed by atoms with Crippen LogP contribution in [0.1, 0.15) is 307 Å². The van der Waals surface area contributed by atoms with E-state index in [4.69, 9.17) is 14.2 Å². The van der Waals surface area contributed by atoms with Crippen LogP contribution in [0.15, 0.2) is 72.8 Å². The van der Waals surface area contributed by atoms with Crippen molar-refractivity contribution < 1.29 is 24.1 Å². The zero-order valence-electron chi connectivity index (χ0n) is 50.3. The fourth-order valence-electron chi connectivity index (χ4n) is 10.8. The van der Waals surface area contributed by atoms with Gasteiger partial charge in [-0.3, -0.25) is 4.79 Å². The number of nitrogens with one attached hydrogen (secondary N) is 2. The quantitative estimate of drug-likeness (QED) is 0.0177. The summed E-state index contributed by atoms with van der Waals surface area (Å²) in [7, 11) is 0. The average molecular weight is 1080 g/mol. The van der Waals surface area contributed by atoms with Gasteiger partial charge in [0.25, 0.3) is 0 Å². The maximum atomic E-state index is 13.6. The molecule has 4 aromatic rings. The molecule has 0 aliphatic carbocycles. The molecule has 78 heavy (non-hydrogen) atoms. The molecule has 7 heteroatoms. The van der Waals surface area contributed by atoms with Crippen molar-refractivity contribution in [1.82, 2.24) is 9.97 Å². The van der Waals surface area contributed by atoms with Gasteiger partial charge in [-0.25, -0.2) is 0 Å². The van der Waals surface area contributed by atoms with E-state index in [0.717, 1.165) is 61.0 Å². The van der Waals surface area contributed by atoms with Crippen LogP contribution in [0.25, 0.3) is 28.3 Å². The summed E-state index contributed by atoms with van der Waals surface area (Å²) < 4.78 is 20.1. The summed E-state index contributed by atoms with van der Waals surface area (Å²) in [5.74, 6) is 1.66. The Morgan fingerprint density at radius 2 is 0.679 bits per heavy atom. The molecular formula is C71H114N2O5. The van der Waals surface area contributed by atoms with Crippen molar-refractivity contribution in [2.75, 3.05) is 19.8 Å². The molecule has 0 bridgehead atoms. The van der Waals surface area contributed by atoms with Crippen molar-refractivity contribution in [3.05, 3.63) is 84.2 Å². The van der Waals surface area contributed by atoms with Crippen molar-refractivity contribution in [1.29, 1.82) is 0 Å². The predicted octanol–water partition coefficient (Wildman–Crippen LogP) is 23.0. The van der Waals surface area contributed by atoms with Crippen LogP contribution in [-0.2, 0) is 0 Å². The first-order chi connectivity index (χ1) is 38.5. The summed E-state index contributed by atoms with van der Waals surface area (Å²) in [6, 6.07) is 21.5. The second-order valence-electron chi connectivity index (χ2n) is 23.0. The van der Waals surface area contributed by atoms with Crippen LogP contribution in [-0.4, -0.2) is 40.7 Å². The molecule has 0 unspecified atom stereocenters. The third kappa shape index (κ3) is 30.3. The molecule has 0 spiro atoms. The van der Waals surface area contributed by atoms with Crippen molar-refractivity contribution >= 4 is 11.5 Å². The molecule has 0 saturated carbocycles. The minimum absolute atomic E-state index is 0.114. The number of hydrogen-bond donors (Lipinski definition) is 3. The first-order valence-corrected chi connectivity index (χ1v) is 33.0. The minimum atomic E-state index is -0.314. The van der Waals surface area contributed by atoms with Crippen molar-refractivity contribution in [3.8, 4) is 39.8 Å². The summed E-state index contributed by atoms with van der Waals surface area (Å²) in [6.45, 7) is 8.71. The Kier molecular flexibility index (Phi) is 38.4. The Hall–Kier alpha value is -4.39. The smallest absolute Gasteiger partial charge is 0.205 e. The molecule has 4 rings (SSSR count). The molecule has 0 aliphatic heterocycles. The van der Waals surface area contributed by atoms with Crippen LogP contribution in [0.5, 0.6) is 17.2 Å². The lowest BCUT2D eigenvalue weighted by Gasteiger charge is -2.19. The number of aromatic amines is 2. The van der Waals surface area contributed by atoms with E-state index in [1.807, 2.05) is 42.5 Å². The van der Waals surface area contributed by atoms with E-state index in [2.05, 4.69) is 42.9 Å². The van der Waals surface area contributed by atoms with Crippen molar-refractivity contribution in [3.63, 3.8) is 0 Å². The van der Waals surface area contributed by atoms with Gasteiger partial charge in [-0.15, -0.1) is 0 Å². The largest absolute Gasteiger partial charge is 0.506 e. The second-order valence-corrected chi connectivity index (χ2v) is 23.0. The van der Waals surface area contributed by atoms with Crippen LogP contribution >= 0.6 is 0 Å². The zero-order valence-corrected chi connectivity index (χ0v) is 50.3. The Labute approximate surface area is 477 Å². The fourth-order valence-corrected chi connectivity index (χ4v) is 10.8. The summed E-state index contributed by atoms with van der Waals surface area (Å²) >= 11 is 0. The number of H-pyrrole nitrogens is 2. The van der Waals surface area contributed by atoms with E-state index in [1.165, 1.54) is 237 Å². The van der Waals surface area contributed by atoms with Gasteiger partial charge in [-0.2, -0.15) is 0 Å². The van der Waals surface area contributed by atoms with Crippen LogP contribution in [0.4, 0.5) is 0 Å². The first-order valence-electron chi connectivity index (χ1n) is 33.0. The van der Waals surface area contributed by atoms with E-state index in [-0.39, 0.29) is 11.5 Å². The number of hydrogen-bond acceptors (Lipinski definition) is 5. The first kappa shape index (κ1) is 66.1. The number of carbonyl (C=O) groups excluding carboxylic acids is 1. The summed E-state index contributed by atoms with van der Waals surface area (Å²) in [5.41, 5.74) is 4.40. The molecule has 0 aliphatic rings. The monoisotopic (exact) mass is 1070 g/mol. The number of unbranched alkanes of at least 4 members (excludes halogenated alkanes) is 39. The molecule has 2 aromatic carbocycles. The van der Waals surface area contributed by atoms with Gasteiger partial charge < -0.3 is 29.3 Å². The summed E-state index contributed by atoms with van der Waals surface area (Å²) in [6.07, 6.45) is 56.6. The Bertz CT molecular complexity index is 2010. The topological polar surface area (TPSA) is 96.6 Å². The number of rotatable bonds is 53. The third-order valence-corrected chi connectivity index (χ3v) is 15.9. The highest BCUT2D eigenvalue weighted by molar-refractivity contribution is 6.07. The van der Waals surface area contributed by atoms with Gasteiger partial charge in [0.15, 0.2) is 11.5 Å². The molecule has 0 fully saturated rings. The number of allylic oxidation sites excluding steroid dienone is 1. The number of aliphatic hydroxyl groups is 1. The lowest BCUT2D eigenvalue weighted by molar-refractivity contribution is 0.104. The highest BCUT2D eigenvalue weighted by Gasteiger charge is 2.19. The van der Waals surface area contributed by atoms with Gasteiger partial charge >= 0.3 is 0 Å². The van der Waals surface area contributed by atoms with Crippen molar-refractivity contribution in [2.45, 2.75) is 290 Å². The summed E-state index contributed by atoms with van der Waals surface area (Å²) in [4.78, 5) is 20.3. The van der Waals surface area contributed by atoms with E-state index in [9.17, 15) is 9.90 Å². The molecule has 438 valence electrons. The molecule has 3 N–H and O–H groups in total. The maximum absolute atomic E-state index is 13.6. The van der Waals surface area contributed by atoms with Gasteiger partial charge in [0, 0.05) is 23.0 Å². The van der Waals surface area contributed by atoms with Gasteiger partial charge in [0.05, 0.1) is 31.2 Å². The number of ketones is 1. The number of aromatic nitrogens is 2.